The third-order valence-corrected chi connectivity index (χ3v) is 3.59. The van der Waals surface area contributed by atoms with Crippen molar-refractivity contribution >= 4 is 11.3 Å². The monoisotopic (exact) mass is 240 g/mol. The maximum atomic E-state index is 6.16. The molecule has 0 saturated heterocycles. The van der Waals surface area contributed by atoms with Crippen molar-refractivity contribution in [2.24, 2.45) is 5.73 Å². The van der Waals surface area contributed by atoms with Crippen molar-refractivity contribution in [2.75, 3.05) is 6.54 Å². The summed E-state index contributed by atoms with van der Waals surface area (Å²) in [7, 11) is 0. The highest BCUT2D eigenvalue weighted by Crippen LogP contribution is 2.27. The molecule has 0 aliphatic heterocycles. The molecule has 2 N–H and O–H groups in total. The smallest absolute Gasteiger partial charge is 0.0507 e. The molecule has 0 spiro atoms. The summed E-state index contributed by atoms with van der Waals surface area (Å²) < 4.78 is 0. The lowest BCUT2D eigenvalue weighted by atomic mass is 10.0. The molecule has 0 aliphatic rings. The molecule has 2 atom stereocenters. The van der Waals surface area contributed by atoms with E-state index in [1.54, 1.807) is 11.3 Å². The van der Waals surface area contributed by atoms with Crippen LogP contribution in [-0.4, -0.2) is 23.5 Å². The van der Waals surface area contributed by atoms with Crippen molar-refractivity contribution in [1.82, 2.24) is 4.90 Å². The molecule has 0 aliphatic carbocycles. The molecule has 16 heavy (non-hydrogen) atoms. The third kappa shape index (κ3) is 3.30. The van der Waals surface area contributed by atoms with E-state index >= 15 is 0 Å². The quantitative estimate of drug-likeness (QED) is 0.827. The molecule has 2 unspecified atom stereocenters. The highest BCUT2D eigenvalue weighted by atomic mass is 32.1. The first-order valence-corrected chi connectivity index (χ1v) is 7.05. The Bertz CT molecular complexity index is 280. The summed E-state index contributed by atoms with van der Waals surface area (Å²) in [5.74, 6) is 0. The van der Waals surface area contributed by atoms with Gasteiger partial charge in [-0.05, 0) is 56.1 Å². The van der Waals surface area contributed by atoms with Crippen molar-refractivity contribution in [2.45, 2.75) is 52.2 Å². The topological polar surface area (TPSA) is 29.3 Å². The molecule has 0 bridgehead atoms. The first-order valence-electron chi connectivity index (χ1n) is 6.11. The van der Waals surface area contributed by atoms with Crippen molar-refractivity contribution < 1.29 is 0 Å². The Hall–Kier alpha value is -0.380. The zero-order valence-corrected chi connectivity index (χ0v) is 11.6. The molecule has 0 radical (unpaired) electrons. The van der Waals surface area contributed by atoms with Crippen LogP contribution in [0.4, 0.5) is 0 Å². The summed E-state index contributed by atoms with van der Waals surface area (Å²) in [6.45, 7) is 9.93. The summed E-state index contributed by atoms with van der Waals surface area (Å²) in [6, 6.07) is 3.26. The second kappa shape index (κ2) is 6.38. The SMILES string of the molecule is CCCN(C(C)C)C(c1ccsc1)C(C)N. The van der Waals surface area contributed by atoms with Crippen LogP contribution in [0.5, 0.6) is 0 Å². The fourth-order valence-corrected chi connectivity index (χ4v) is 2.91. The van der Waals surface area contributed by atoms with Gasteiger partial charge in [-0.3, -0.25) is 4.90 Å². The number of rotatable bonds is 6. The van der Waals surface area contributed by atoms with Gasteiger partial charge in [0.2, 0.25) is 0 Å². The Labute approximate surface area is 103 Å². The van der Waals surface area contributed by atoms with Gasteiger partial charge in [0.1, 0.15) is 0 Å². The van der Waals surface area contributed by atoms with E-state index in [2.05, 4.69) is 49.4 Å². The van der Waals surface area contributed by atoms with E-state index in [1.165, 1.54) is 12.0 Å². The Morgan fingerprint density at radius 3 is 2.44 bits per heavy atom. The van der Waals surface area contributed by atoms with Crippen molar-refractivity contribution in [3.05, 3.63) is 22.4 Å². The largest absolute Gasteiger partial charge is 0.326 e. The van der Waals surface area contributed by atoms with Crippen LogP contribution in [-0.2, 0) is 0 Å². The highest BCUT2D eigenvalue weighted by Gasteiger charge is 2.25. The minimum absolute atomic E-state index is 0.170. The van der Waals surface area contributed by atoms with Gasteiger partial charge in [0.25, 0.3) is 0 Å². The Balaban J connectivity index is 2.90. The number of hydrogen-bond donors (Lipinski definition) is 1. The molecule has 1 aromatic rings. The van der Waals surface area contributed by atoms with E-state index in [0.29, 0.717) is 12.1 Å². The predicted molar refractivity (Wildman–Crippen MR) is 72.8 cm³/mol. The molecule has 0 aromatic carbocycles. The lowest BCUT2D eigenvalue weighted by Crippen LogP contribution is -2.43. The summed E-state index contributed by atoms with van der Waals surface area (Å²) >= 11 is 1.75. The number of thiophene rings is 1. The minimum atomic E-state index is 0.170. The third-order valence-electron chi connectivity index (χ3n) is 2.89. The van der Waals surface area contributed by atoms with Crippen LogP contribution in [0.3, 0.4) is 0 Å². The van der Waals surface area contributed by atoms with Gasteiger partial charge < -0.3 is 5.73 Å². The average molecular weight is 240 g/mol. The molecule has 92 valence electrons. The summed E-state index contributed by atoms with van der Waals surface area (Å²) in [5.41, 5.74) is 7.52. The predicted octanol–water partition coefficient (Wildman–Crippen LogP) is 3.26. The van der Waals surface area contributed by atoms with Crippen LogP contribution in [0, 0.1) is 0 Å². The zero-order chi connectivity index (χ0) is 12.1. The zero-order valence-electron chi connectivity index (χ0n) is 10.8. The molecular formula is C13H24N2S. The van der Waals surface area contributed by atoms with E-state index in [1.807, 2.05) is 0 Å². The Morgan fingerprint density at radius 1 is 1.38 bits per heavy atom. The molecule has 1 rings (SSSR count). The molecule has 3 heteroatoms. The van der Waals surface area contributed by atoms with Gasteiger partial charge in [0, 0.05) is 12.1 Å². The van der Waals surface area contributed by atoms with Gasteiger partial charge in [-0.2, -0.15) is 11.3 Å². The van der Waals surface area contributed by atoms with Gasteiger partial charge in [-0.25, -0.2) is 0 Å². The number of nitrogens with zero attached hydrogens (tertiary/aromatic N) is 1. The molecule has 0 saturated carbocycles. The molecular weight excluding hydrogens is 216 g/mol. The lowest BCUT2D eigenvalue weighted by molar-refractivity contribution is 0.136. The average Bonchev–Trinajstić information content (AvgIpc) is 2.69. The highest BCUT2D eigenvalue weighted by molar-refractivity contribution is 7.07. The van der Waals surface area contributed by atoms with Crippen LogP contribution in [0.25, 0.3) is 0 Å². The van der Waals surface area contributed by atoms with Crippen molar-refractivity contribution in [1.29, 1.82) is 0 Å². The van der Waals surface area contributed by atoms with Gasteiger partial charge >= 0.3 is 0 Å². The Kier molecular flexibility index (Phi) is 5.46. The van der Waals surface area contributed by atoms with E-state index in [9.17, 15) is 0 Å². The summed E-state index contributed by atoms with van der Waals surface area (Å²) in [4.78, 5) is 2.51. The van der Waals surface area contributed by atoms with Gasteiger partial charge in [-0.15, -0.1) is 0 Å². The normalized spacial score (nSPS) is 15.7. The van der Waals surface area contributed by atoms with Gasteiger partial charge in [0.05, 0.1) is 6.04 Å². The Morgan fingerprint density at radius 2 is 2.06 bits per heavy atom. The van der Waals surface area contributed by atoms with Crippen LogP contribution in [0.1, 0.15) is 45.7 Å². The molecule has 1 heterocycles. The second-order valence-electron chi connectivity index (χ2n) is 4.69. The summed E-state index contributed by atoms with van der Waals surface area (Å²) in [6.07, 6.45) is 1.17. The van der Waals surface area contributed by atoms with Crippen molar-refractivity contribution in [3.8, 4) is 0 Å². The number of hydrogen-bond acceptors (Lipinski definition) is 3. The van der Waals surface area contributed by atoms with E-state index < -0.39 is 0 Å². The molecule has 1 aromatic heterocycles. The van der Waals surface area contributed by atoms with Crippen LogP contribution in [0.15, 0.2) is 16.8 Å². The first-order chi connectivity index (χ1) is 7.57. The van der Waals surface area contributed by atoms with E-state index in [0.717, 1.165) is 6.54 Å². The van der Waals surface area contributed by atoms with Crippen LogP contribution in [0.2, 0.25) is 0 Å². The first kappa shape index (κ1) is 13.7. The standard InChI is InChI=1S/C13H24N2S/c1-5-7-15(10(2)3)13(11(4)14)12-6-8-16-9-12/h6,8-11,13H,5,7,14H2,1-4H3. The minimum Gasteiger partial charge on any atom is -0.326 e. The lowest BCUT2D eigenvalue weighted by Gasteiger charge is -2.37. The van der Waals surface area contributed by atoms with Gasteiger partial charge in [0.15, 0.2) is 0 Å². The van der Waals surface area contributed by atoms with Crippen LogP contribution >= 0.6 is 11.3 Å². The summed E-state index contributed by atoms with van der Waals surface area (Å²) in [5, 5.41) is 4.36. The van der Waals surface area contributed by atoms with Crippen LogP contribution < -0.4 is 5.73 Å². The number of nitrogens with two attached hydrogens (primary N) is 1. The fourth-order valence-electron chi connectivity index (χ4n) is 2.22. The van der Waals surface area contributed by atoms with Crippen molar-refractivity contribution in [3.63, 3.8) is 0 Å². The molecule has 2 nitrogen and oxygen atoms in total. The van der Waals surface area contributed by atoms with E-state index in [4.69, 9.17) is 5.73 Å². The molecule has 0 fully saturated rings. The molecule has 0 amide bonds. The van der Waals surface area contributed by atoms with E-state index in [-0.39, 0.29) is 6.04 Å². The fraction of sp³-hybridized carbons (Fsp3) is 0.692. The maximum absolute atomic E-state index is 6.16. The maximum Gasteiger partial charge on any atom is 0.0507 e. The second-order valence-corrected chi connectivity index (χ2v) is 5.47. The van der Waals surface area contributed by atoms with Gasteiger partial charge in [-0.1, -0.05) is 6.92 Å².